The van der Waals surface area contributed by atoms with Crippen LogP contribution in [-0.4, -0.2) is 34.7 Å². The standard InChI is InChI=1S/C14H21ClN2O2/c1-5-17(9-14(3,4)19)13(18)16-12-8-11(15)7-6-10(12)2/h6-8,19H,5,9H2,1-4H3,(H,16,18). The molecule has 1 aromatic carbocycles. The molecule has 19 heavy (non-hydrogen) atoms. The largest absolute Gasteiger partial charge is 0.389 e. The number of nitrogens with zero attached hydrogens (tertiary/aromatic N) is 1. The van der Waals surface area contributed by atoms with Crippen molar-refractivity contribution in [3.63, 3.8) is 0 Å². The molecule has 2 N–H and O–H groups in total. The Morgan fingerprint density at radius 2 is 2.11 bits per heavy atom. The second-order valence-corrected chi connectivity index (χ2v) is 5.65. The lowest BCUT2D eigenvalue weighted by Crippen LogP contribution is -2.44. The third-order valence-corrected chi connectivity index (χ3v) is 2.92. The summed E-state index contributed by atoms with van der Waals surface area (Å²) < 4.78 is 0. The van der Waals surface area contributed by atoms with Gasteiger partial charge < -0.3 is 15.3 Å². The molecule has 0 aliphatic heterocycles. The topological polar surface area (TPSA) is 52.6 Å². The van der Waals surface area contributed by atoms with Crippen LogP contribution in [0.2, 0.25) is 5.02 Å². The lowest BCUT2D eigenvalue weighted by atomic mass is 10.1. The molecular formula is C14H21ClN2O2. The molecule has 106 valence electrons. The number of anilines is 1. The van der Waals surface area contributed by atoms with E-state index in [1.807, 2.05) is 19.9 Å². The van der Waals surface area contributed by atoms with Crippen LogP contribution in [0.3, 0.4) is 0 Å². The number of amides is 2. The van der Waals surface area contributed by atoms with Crippen molar-refractivity contribution in [2.45, 2.75) is 33.3 Å². The van der Waals surface area contributed by atoms with Crippen LogP contribution >= 0.6 is 11.6 Å². The highest BCUT2D eigenvalue weighted by Gasteiger charge is 2.21. The van der Waals surface area contributed by atoms with E-state index in [1.54, 1.807) is 30.9 Å². The molecule has 0 heterocycles. The van der Waals surface area contributed by atoms with Gasteiger partial charge in [-0.25, -0.2) is 4.79 Å². The average molecular weight is 285 g/mol. The summed E-state index contributed by atoms with van der Waals surface area (Å²) in [6.07, 6.45) is 0. The zero-order chi connectivity index (χ0) is 14.6. The lowest BCUT2D eigenvalue weighted by molar-refractivity contribution is 0.0501. The number of nitrogens with one attached hydrogen (secondary N) is 1. The second kappa shape index (κ2) is 6.26. The Balaban J connectivity index is 2.80. The number of rotatable bonds is 4. The van der Waals surface area contributed by atoms with Gasteiger partial charge in [0.05, 0.1) is 12.1 Å². The summed E-state index contributed by atoms with van der Waals surface area (Å²) >= 11 is 5.92. The smallest absolute Gasteiger partial charge is 0.321 e. The Morgan fingerprint density at radius 3 is 2.63 bits per heavy atom. The van der Waals surface area contributed by atoms with Crippen molar-refractivity contribution in [1.82, 2.24) is 4.90 Å². The summed E-state index contributed by atoms with van der Waals surface area (Å²) in [6, 6.07) is 5.10. The summed E-state index contributed by atoms with van der Waals surface area (Å²) in [5, 5.41) is 13.2. The third-order valence-electron chi connectivity index (χ3n) is 2.69. The summed E-state index contributed by atoms with van der Waals surface area (Å²) in [7, 11) is 0. The van der Waals surface area contributed by atoms with Gasteiger partial charge in [0.25, 0.3) is 0 Å². The van der Waals surface area contributed by atoms with Crippen LogP contribution in [0.1, 0.15) is 26.3 Å². The molecule has 0 aliphatic carbocycles. The van der Waals surface area contributed by atoms with Crippen LogP contribution in [0.5, 0.6) is 0 Å². The summed E-state index contributed by atoms with van der Waals surface area (Å²) in [6.45, 7) is 7.92. The maximum Gasteiger partial charge on any atom is 0.321 e. The van der Waals surface area contributed by atoms with Crippen LogP contribution in [-0.2, 0) is 0 Å². The van der Waals surface area contributed by atoms with E-state index in [0.717, 1.165) is 5.56 Å². The van der Waals surface area contributed by atoms with Crippen molar-refractivity contribution in [2.75, 3.05) is 18.4 Å². The molecule has 0 atom stereocenters. The molecule has 0 radical (unpaired) electrons. The molecular weight excluding hydrogens is 264 g/mol. The summed E-state index contributed by atoms with van der Waals surface area (Å²) in [5.74, 6) is 0. The maximum absolute atomic E-state index is 12.1. The number of carbonyl (C=O) groups is 1. The van der Waals surface area contributed by atoms with Gasteiger partial charge in [-0.2, -0.15) is 0 Å². The molecule has 0 saturated heterocycles. The molecule has 0 unspecified atom stereocenters. The first-order valence-corrected chi connectivity index (χ1v) is 6.65. The van der Waals surface area contributed by atoms with E-state index in [0.29, 0.717) is 17.3 Å². The van der Waals surface area contributed by atoms with Gasteiger partial charge in [-0.1, -0.05) is 17.7 Å². The molecule has 5 heteroatoms. The highest BCUT2D eigenvalue weighted by molar-refractivity contribution is 6.31. The van der Waals surface area contributed by atoms with E-state index in [9.17, 15) is 9.90 Å². The molecule has 0 aliphatic rings. The number of benzene rings is 1. The molecule has 2 amide bonds. The Labute approximate surface area is 119 Å². The first-order chi connectivity index (χ1) is 8.73. The average Bonchev–Trinajstić information content (AvgIpc) is 2.29. The predicted molar refractivity (Wildman–Crippen MR) is 78.8 cm³/mol. The van der Waals surface area contributed by atoms with Crippen LogP contribution < -0.4 is 5.32 Å². The van der Waals surface area contributed by atoms with Gasteiger partial charge in [0.15, 0.2) is 0 Å². The normalized spacial score (nSPS) is 11.3. The molecule has 0 aromatic heterocycles. The highest BCUT2D eigenvalue weighted by atomic mass is 35.5. The van der Waals surface area contributed by atoms with E-state index in [2.05, 4.69) is 5.32 Å². The van der Waals surface area contributed by atoms with Crippen molar-refractivity contribution in [3.8, 4) is 0 Å². The zero-order valence-electron chi connectivity index (χ0n) is 11.8. The van der Waals surface area contributed by atoms with Crippen molar-refractivity contribution in [1.29, 1.82) is 0 Å². The van der Waals surface area contributed by atoms with E-state index in [1.165, 1.54) is 0 Å². The van der Waals surface area contributed by atoms with Crippen LogP contribution in [0.25, 0.3) is 0 Å². The summed E-state index contributed by atoms with van der Waals surface area (Å²) in [4.78, 5) is 13.7. The Bertz CT molecular complexity index is 455. The third kappa shape index (κ3) is 5.09. The molecule has 0 spiro atoms. The minimum absolute atomic E-state index is 0.241. The van der Waals surface area contributed by atoms with Gasteiger partial charge in [-0.3, -0.25) is 0 Å². The Hall–Kier alpha value is -1.26. The SMILES string of the molecule is CCN(CC(C)(C)O)C(=O)Nc1cc(Cl)ccc1C. The van der Waals surface area contributed by atoms with Gasteiger partial charge >= 0.3 is 6.03 Å². The monoisotopic (exact) mass is 284 g/mol. The van der Waals surface area contributed by atoms with Gasteiger partial charge in [-0.15, -0.1) is 0 Å². The van der Waals surface area contributed by atoms with E-state index < -0.39 is 5.60 Å². The van der Waals surface area contributed by atoms with Crippen molar-refractivity contribution in [3.05, 3.63) is 28.8 Å². The minimum atomic E-state index is -0.920. The number of aliphatic hydroxyl groups is 1. The molecule has 0 bridgehead atoms. The van der Waals surface area contributed by atoms with Crippen molar-refractivity contribution >= 4 is 23.3 Å². The Kier molecular flexibility index (Phi) is 5.20. The number of aryl methyl sites for hydroxylation is 1. The van der Waals surface area contributed by atoms with Gasteiger partial charge in [0.2, 0.25) is 0 Å². The highest BCUT2D eigenvalue weighted by Crippen LogP contribution is 2.20. The maximum atomic E-state index is 12.1. The fourth-order valence-electron chi connectivity index (χ4n) is 1.72. The molecule has 0 fully saturated rings. The second-order valence-electron chi connectivity index (χ2n) is 5.22. The fraction of sp³-hybridized carbons (Fsp3) is 0.500. The molecule has 1 aromatic rings. The Morgan fingerprint density at radius 1 is 1.47 bits per heavy atom. The van der Waals surface area contributed by atoms with Crippen molar-refractivity contribution in [2.24, 2.45) is 0 Å². The summed E-state index contributed by atoms with van der Waals surface area (Å²) in [5.41, 5.74) is 0.709. The first-order valence-electron chi connectivity index (χ1n) is 6.27. The van der Waals surface area contributed by atoms with Crippen LogP contribution in [0.15, 0.2) is 18.2 Å². The molecule has 4 nitrogen and oxygen atoms in total. The number of urea groups is 1. The van der Waals surface area contributed by atoms with Crippen LogP contribution in [0.4, 0.5) is 10.5 Å². The number of hydrogen-bond donors (Lipinski definition) is 2. The number of carbonyl (C=O) groups excluding carboxylic acids is 1. The number of halogens is 1. The quantitative estimate of drug-likeness (QED) is 0.891. The predicted octanol–water partition coefficient (Wildman–Crippen LogP) is 3.27. The number of likely N-dealkylation sites (N-methyl/N-ethyl adjacent to an activating group) is 1. The number of hydrogen-bond acceptors (Lipinski definition) is 2. The van der Waals surface area contributed by atoms with Gasteiger partial charge in [0.1, 0.15) is 0 Å². The fourth-order valence-corrected chi connectivity index (χ4v) is 1.89. The molecule has 0 saturated carbocycles. The van der Waals surface area contributed by atoms with Crippen molar-refractivity contribution < 1.29 is 9.90 Å². The zero-order valence-corrected chi connectivity index (χ0v) is 12.6. The van der Waals surface area contributed by atoms with Gasteiger partial charge in [-0.05, 0) is 45.4 Å². The van der Waals surface area contributed by atoms with E-state index in [-0.39, 0.29) is 12.6 Å². The van der Waals surface area contributed by atoms with E-state index >= 15 is 0 Å². The van der Waals surface area contributed by atoms with E-state index in [4.69, 9.17) is 11.6 Å². The minimum Gasteiger partial charge on any atom is -0.389 e. The van der Waals surface area contributed by atoms with Crippen LogP contribution in [0, 0.1) is 6.92 Å². The molecule has 1 rings (SSSR count). The van der Waals surface area contributed by atoms with Gasteiger partial charge in [0, 0.05) is 17.3 Å². The first kappa shape index (κ1) is 15.8. The lowest BCUT2D eigenvalue weighted by Gasteiger charge is -2.28.